The number of likely N-dealkylation sites (tertiary alicyclic amines) is 1. The standard InChI is InChI=1S/C31H30ClN3O3S/c1-31(2)25-26(31)30(37)35(29(25)36)15-18-12-24-28(39-18)21(9-11-34-24)22-13-23(32)19-7-3-4-8-20(19)27(22)38-16-17-6-5-10-33-14-17/h3-4,7-9,11-13,17,25-26,33H,5-6,10,14-16H2,1-2H3. The summed E-state index contributed by atoms with van der Waals surface area (Å²) in [4.78, 5) is 32.9. The molecule has 0 radical (unpaired) electrons. The van der Waals surface area contributed by atoms with E-state index in [1.807, 2.05) is 50.2 Å². The number of carbonyl (C=O) groups is 2. The molecule has 2 saturated heterocycles. The van der Waals surface area contributed by atoms with Gasteiger partial charge in [0.15, 0.2) is 0 Å². The van der Waals surface area contributed by atoms with Crippen molar-refractivity contribution in [3.63, 3.8) is 0 Å². The number of benzene rings is 2. The highest BCUT2D eigenvalue weighted by Crippen LogP contribution is 2.63. The fourth-order valence-electron chi connectivity index (χ4n) is 6.52. The summed E-state index contributed by atoms with van der Waals surface area (Å²) in [6, 6.07) is 14.1. The molecule has 1 N–H and O–H groups in total. The summed E-state index contributed by atoms with van der Waals surface area (Å²) < 4.78 is 7.61. The molecule has 2 aromatic heterocycles. The lowest BCUT2D eigenvalue weighted by atomic mass is 9.98. The summed E-state index contributed by atoms with van der Waals surface area (Å²) in [5.41, 5.74) is 2.55. The van der Waals surface area contributed by atoms with Crippen molar-refractivity contribution in [1.82, 2.24) is 15.2 Å². The first-order valence-corrected chi connectivity index (χ1v) is 14.8. The minimum absolute atomic E-state index is 0.0464. The van der Waals surface area contributed by atoms with Gasteiger partial charge in [-0.25, -0.2) is 0 Å². The summed E-state index contributed by atoms with van der Waals surface area (Å²) in [6.07, 6.45) is 4.11. The van der Waals surface area contributed by atoms with Crippen molar-refractivity contribution >= 4 is 55.7 Å². The van der Waals surface area contributed by atoms with Gasteiger partial charge in [0.2, 0.25) is 11.8 Å². The van der Waals surface area contributed by atoms with Crippen molar-refractivity contribution in [2.24, 2.45) is 23.2 Å². The maximum Gasteiger partial charge on any atom is 0.234 e. The summed E-state index contributed by atoms with van der Waals surface area (Å²) in [7, 11) is 0. The zero-order valence-electron chi connectivity index (χ0n) is 22.0. The van der Waals surface area contributed by atoms with Crippen LogP contribution in [0.5, 0.6) is 5.75 Å². The van der Waals surface area contributed by atoms with Crippen LogP contribution in [-0.2, 0) is 16.1 Å². The molecule has 2 aliphatic heterocycles. The van der Waals surface area contributed by atoms with Crippen molar-refractivity contribution in [1.29, 1.82) is 0 Å². The number of hydrogen-bond acceptors (Lipinski definition) is 6. The monoisotopic (exact) mass is 559 g/mol. The van der Waals surface area contributed by atoms with Gasteiger partial charge in [-0.3, -0.25) is 19.5 Å². The number of thiophene rings is 1. The normalized spacial score (nSPS) is 24.0. The molecule has 39 heavy (non-hydrogen) atoms. The van der Waals surface area contributed by atoms with Crippen LogP contribution < -0.4 is 10.1 Å². The number of pyridine rings is 1. The van der Waals surface area contributed by atoms with Crippen LogP contribution in [0.4, 0.5) is 0 Å². The molecule has 3 unspecified atom stereocenters. The second-order valence-corrected chi connectivity index (χ2v) is 13.2. The number of fused-ring (bicyclic) bond motifs is 3. The van der Waals surface area contributed by atoms with Gasteiger partial charge in [-0.2, -0.15) is 0 Å². The van der Waals surface area contributed by atoms with Gasteiger partial charge in [0.1, 0.15) is 5.75 Å². The van der Waals surface area contributed by atoms with Crippen LogP contribution in [0, 0.1) is 23.2 Å². The van der Waals surface area contributed by atoms with Gasteiger partial charge in [0.25, 0.3) is 0 Å². The Morgan fingerprint density at radius 3 is 2.62 bits per heavy atom. The fourth-order valence-corrected chi connectivity index (χ4v) is 7.93. The van der Waals surface area contributed by atoms with E-state index in [-0.39, 0.29) is 35.6 Å². The quantitative estimate of drug-likeness (QED) is 0.281. The molecule has 2 amide bonds. The largest absolute Gasteiger partial charge is 0.492 e. The van der Waals surface area contributed by atoms with E-state index in [0.29, 0.717) is 17.5 Å². The Labute approximate surface area is 236 Å². The number of amides is 2. The Balaban J connectivity index is 1.27. The molecular formula is C31H30ClN3O3S. The van der Waals surface area contributed by atoms with Crippen LogP contribution in [0.25, 0.3) is 32.1 Å². The molecule has 3 aliphatic rings. The van der Waals surface area contributed by atoms with Gasteiger partial charge in [-0.05, 0) is 43.0 Å². The highest BCUT2D eigenvalue weighted by atomic mass is 35.5. The number of carbonyl (C=O) groups excluding carboxylic acids is 2. The van der Waals surface area contributed by atoms with Crippen molar-refractivity contribution in [2.45, 2.75) is 33.2 Å². The number of halogens is 1. The first-order valence-electron chi connectivity index (χ1n) is 13.6. The number of rotatable bonds is 6. The molecule has 1 aliphatic carbocycles. The molecule has 2 aromatic carbocycles. The van der Waals surface area contributed by atoms with Gasteiger partial charge < -0.3 is 10.1 Å². The molecule has 1 saturated carbocycles. The number of hydrogen-bond donors (Lipinski definition) is 1. The molecule has 0 spiro atoms. The molecular weight excluding hydrogens is 530 g/mol. The maximum atomic E-state index is 12.9. The number of nitrogens with one attached hydrogen (secondary N) is 1. The molecule has 4 aromatic rings. The predicted octanol–water partition coefficient (Wildman–Crippen LogP) is 6.29. The van der Waals surface area contributed by atoms with Gasteiger partial charge >= 0.3 is 0 Å². The van der Waals surface area contributed by atoms with E-state index in [9.17, 15) is 9.59 Å². The SMILES string of the molecule is CC1(C)C2C(=O)N(Cc3cc4nccc(-c5cc(Cl)c6ccccc6c5OCC5CCCNC5)c4s3)C(=O)C21. The molecule has 200 valence electrons. The van der Waals surface area contributed by atoms with Crippen molar-refractivity contribution in [3.8, 4) is 16.9 Å². The van der Waals surface area contributed by atoms with Gasteiger partial charge in [-0.1, -0.05) is 49.7 Å². The van der Waals surface area contributed by atoms with Crippen LogP contribution >= 0.6 is 22.9 Å². The molecule has 3 fully saturated rings. The molecule has 0 bridgehead atoms. The number of nitrogens with zero attached hydrogens (tertiary/aromatic N) is 2. The third-order valence-corrected chi connectivity index (χ3v) is 10.2. The third kappa shape index (κ3) is 4.05. The lowest BCUT2D eigenvalue weighted by Crippen LogP contribution is -2.35. The van der Waals surface area contributed by atoms with E-state index < -0.39 is 0 Å². The average molecular weight is 560 g/mol. The second-order valence-electron chi connectivity index (χ2n) is 11.6. The topological polar surface area (TPSA) is 71.5 Å². The van der Waals surface area contributed by atoms with E-state index in [4.69, 9.17) is 16.3 Å². The van der Waals surface area contributed by atoms with Crippen molar-refractivity contribution in [2.75, 3.05) is 19.7 Å². The lowest BCUT2D eigenvalue weighted by Gasteiger charge is -2.24. The second kappa shape index (κ2) is 9.29. The number of piperidine rings is 2. The zero-order chi connectivity index (χ0) is 26.9. The smallest absolute Gasteiger partial charge is 0.234 e. The van der Waals surface area contributed by atoms with Crippen LogP contribution in [0.3, 0.4) is 0 Å². The molecule has 6 nitrogen and oxygen atoms in total. The van der Waals surface area contributed by atoms with Crippen LogP contribution in [-0.4, -0.2) is 41.4 Å². The Morgan fingerprint density at radius 1 is 1.10 bits per heavy atom. The van der Waals surface area contributed by atoms with Crippen LogP contribution in [0.15, 0.2) is 48.7 Å². The Kier molecular flexibility index (Phi) is 5.95. The number of aromatic nitrogens is 1. The maximum absolute atomic E-state index is 12.9. The van der Waals surface area contributed by atoms with E-state index >= 15 is 0 Å². The van der Waals surface area contributed by atoms with Gasteiger partial charge in [0.05, 0.1) is 35.2 Å². The minimum atomic E-state index is -0.209. The van der Waals surface area contributed by atoms with E-state index in [1.165, 1.54) is 4.90 Å². The van der Waals surface area contributed by atoms with Crippen molar-refractivity contribution in [3.05, 3.63) is 58.6 Å². The highest BCUT2D eigenvalue weighted by Gasteiger charge is 2.72. The Morgan fingerprint density at radius 2 is 1.87 bits per heavy atom. The number of ether oxygens (including phenoxy) is 1. The molecule has 8 heteroatoms. The van der Waals surface area contributed by atoms with E-state index in [1.54, 1.807) is 17.5 Å². The van der Waals surface area contributed by atoms with Gasteiger partial charge in [-0.15, -0.1) is 11.3 Å². The Hall–Kier alpha value is -3.00. The van der Waals surface area contributed by atoms with Crippen molar-refractivity contribution < 1.29 is 14.3 Å². The van der Waals surface area contributed by atoms with Gasteiger partial charge in [0, 0.05) is 50.5 Å². The third-order valence-electron chi connectivity index (χ3n) is 8.77. The summed E-state index contributed by atoms with van der Waals surface area (Å²) in [5, 5.41) is 6.10. The molecule has 4 heterocycles. The van der Waals surface area contributed by atoms with Crippen LogP contribution in [0.2, 0.25) is 5.02 Å². The summed E-state index contributed by atoms with van der Waals surface area (Å²) >= 11 is 8.39. The predicted molar refractivity (Wildman–Crippen MR) is 155 cm³/mol. The van der Waals surface area contributed by atoms with E-state index in [0.717, 1.165) is 68.7 Å². The highest BCUT2D eigenvalue weighted by molar-refractivity contribution is 7.19. The summed E-state index contributed by atoms with van der Waals surface area (Å²) in [5.74, 6) is 0.845. The first-order chi connectivity index (χ1) is 18.8. The average Bonchev–Trinajstić information content (AvgIpc) is 3.18. The lowest BCUT2D eigenvalue weighted by molar-refractivity contribution is -0.143. The van der Waals surface area contributed by atoms with Crippen LogP contribution in [0.1, 0.15) is 31.6 Å². The van der Waals surface area contributed by atoms with E-state index in [2.05, 4.69) is 16.4 Å². The number of imide groups is 1. The summed E-state index contributed by atoms with van der Waals surface area (Å²) in [6.45, 7) is 6.95. The Bertz CT molecular complexity index is 1620. The minimum Gasteiger partial charge on any atom is -0.492 e. The molecule has 7 rings (SSSR count). The molecule has 3 atom stereocenters. The first kappa shape index (κ1) is 25.0. The zero-order valence-corrected chi connectivity index (χ0v) is 23.6. The fraction of sp³-hybridized carbons (Fsp3) is 0.387.